The molecule has 3 saturated heterocycles. The molecule has 3 aliphatic heterocycles. The van der Waals surface area contributed by atoms with E-state index in [0.717, 1.165) is 7.11 Å². The van der Waals surface area contributed by atoms with Gasteiger partial charge in [-0.3, -0.25) is 10.1 Å². The first-order chi connectivity index (χ1) is 30.6. The monoisotopic (exact) mass is 990 g/mol. The Morgan fingerprint density at radius 1 is 1.08 bits per heavy atom. The number of methoxy groups -OCH3 is 2. The van der Waals surface area contributed by atoms with Gasteiger partial charge in [0.25, 0.3) is 0 Å². The fraction of sp³-hybridized carbons (Fsp3) is 0.721. The minimum Gasteiger partial charge on any atom is -0.453 e. The van der Waals surface area contributed by atoms with Crippen LogP contribution in [0.4, 0.5) is 4.79 Å². The minimum absolute atomic E-state index is 0.0143. The SMILES string of the molecule is COC(=O)NC1=C2/C(=C/CSSSC)[C@](O)(C#C/C=C\C#C[C@@H]2O[C@@H]2O[C@H](C)[C@@](SC)([C@H](CO)O[C@H]3C[C@H](O)[C@H](SC)[C@@H](C)O3)[C@H](O)[C@H]2O[C@H]2C[C@H](OC)[C@@H](NC(C)C)CO2)CC1=O. The number of carbonyl (C=O) groups excluding carboxylic acids is 2. The summed E-state index contributed by atoms with van der Waals surface area (Å²) in [5.74, 6) is 11.3. The standard InChI is InChI=1S/C43H62N2O14S5/c1-23(2)44-27-22-54-33(19-31(27)52-5)59-37-39(49)43(61-8,32(21-46)58-34-18-28(47)38(60-7)24(3)55-34)25(4)56-40(37)57-30-14-12-10-11-13-16-42(51)20-29(48)36(45-41(50)53-6)35(30)26(42)15-17-63-64-62-9/h10-11,15,23-25,27-28,30-34,37-40,44,46-47,49,51H,17-22H2,1-9H3,(H,45,50)/b11-10-,26-15-/t24-,25-,27+,28+,30+,31+,32+,33+,34+,37-,38-,39-,40+,42+,43-/m1/s1. The molecule has 5 rings (SSSR count). The molecule has 358 valence electrons. The quantitative estimate of drug-likeness (QED) is 0.0662. The number of Topliss-reactive ketones (excluding diaryl/α,β-unsaturated/α-hetero) is 1. The Morgan fingerprint density at radius 3 is 2.47 bits per heavy atom. The van der Waals surface area contributed by atoms with E-state index in [-0.39, 0.29) is 65.8 Å². The zero-order chi connectivity index (χ0) is 46.8. The predicted molar refractivity (Wildman–Crippen MR) is 251 cm³/mol. The highest BCUT2D eigenvalue weighted by Crippen LogP contribution is 2.47. The molecule has 0 aromatic rings. The molecule has 15 atom stereocenters. The maximum Gasteiger partial charge on any atom is 0.411 e. The molecule has 3 fully saturated rings. The summed E-state index contributed by atoms with van der Waals surface area (Å²) in [6.07, 6.45) is -2.18. The van der Waals surface area contributed by atoms with Crippen LogP contribution < -0.4 is 10.6 Å². The lowest BCUT2D eigenvalue weighted by Gasteiger charge is -2.54. The smallest absolute Gasteiger partial charge is 0.411 e. The third kappa shape index (κ3) is 12.4. The van der Waals surface area contributed by atoms with E-state index < -0.39 is 90.7 Å². The Balaban J connectivity index is 1.61. The second kappa shape index (κ2) is 24.7. The van der Waals surface area contributed by atoms with Crippen molar-refractivity contribution >= 4 is 66.8 Å². The Labute approximate surface area is 396 Å². The second-order valence-electron chi connectivity index (χ2n) is 15.9. The average Bonchev–Trinajstić information content (AvgIpc) is 3.25. The van der Waals surface area contributed by atoms with E-state index in [0.29, 0.717) is 5.75 Å². The van der Waals surface area contributed by atoms with Gasteiger partial charge in [-0.25, -0.2) is 4.79 Å². The van der Waals surface area contributed by atoms with Crippen molar-refractivity contribution in [3.05, 3.63) is 35.1 Å². The number of rotatable bonds is 18. The predicted octanol–water partition coefficient (Wildman–Crippen LogP) is 3.17. The van der Waals surface area contributed by atoms with Crippen LogP contribution >= 0.6 is 54.9 Å². The number of alkyl carbamates (subject to hydrolysis) is 1. The number of ketones is 1. The number of fused-ring (bicyclic) bond motifs is 2. The first kappa shape index (κ1) is 53.5. The molecule has 0 spiro atoms. The molecule has 0 saturated carbocycles. The summed E-state index contributed by atoms with van der Waals surface area (Å²) in [4.78, 5) is 26.9. The molecule has 0 aromatic heterocycles. The molecular weight excluding hydrogens is 929 g/mol. The highest BCUT2D eigenvalue weighted by molar-refractivity contribution is 9.09. The third-order valence-corrected chi connectivity index (χ3v) is 18.1. The van der Waals surface area contributed by atoms with Crippen LogP contribution in [0.3, 0.4) is 0 Å². The summed E-state index contributed by atoms with van der Waals surface area (Å²) in [7, 11) is 7.28. The molecule has 21 heteroatoms. The number of hydrogen-bond donors (Lipinski definition) is 6. The molecule has 0 radical (unpaired) electrons. The van der Waals surface area contributed by atoms with Crippen LogP contribution in [0.25, 0.3) is 0 Å². The third-order valence-electron chi connectivity index (χ3n) is 11.6. The van der Waals surface area contributed by atoms with Crippen LogP contribution in [0.1, 0.15) is 47.0 Å². The molecule has 0 aromatic carbocycles. The van der Waals surface area contributed by atoms with Gasteiger partial charge in [0.15, 0.2) is 30.3 Å². The maximum atomic E-state index is 14.0. The number of carbonyl (C=O) groups is 2. The molecule has 64 heavy (non-hydrogen) atoms. The van der Waals surface area contributed by atoms with E-state index in [4.69, 9.17) is 37.9 Å². The van der Waals surface area contributed by atoms with Crippen molar-refractivity contribution in [2.24, 2.45) is 0 Å². The number of thioether (sulfide) groups is 2. The number of aliphatic hydroxyl groups is 4. The van der Waals surface area contributed by atoms with Crippen molar-refractivity contribution in [2.75, 3.05) is 52.0 Å². The average molecular weight is 991 g/mol. The molecule has 3 heterocycles. The summed E-state index contributed by atoms with van der Waals surface area (Å²) in [6, 6.07) is -0.0283. The van der Waals surface area contributed by atoms with Gasteiger partial charge in [0, 0.05) is 42.9 Å². The zero-order valence-corrected chi connectivity index (χ0v) is 41.6. The number of ether oxygens (including phenoxy) is 8. The van der Waals surface area contributed by atoms with Crippen LogP contribution in [0.5, 0.6) is 0 Å². The van der Waals surface area contributed by atoms with Crippen LogP contribution in [-0.2, 0) is 42.7 Å². The highest BCUT2D eigenvalue weighted by Gasteiger charge is 2.61. The fourth-order valence-electron chi connectivity index (χ4n) is 8.68. The normalized spacial score (nSPS) is 38.2. The molecule has 0 unspecified atom stereocenters. The zero-order valence-electron chi connectivity index (χ0n) is 37.5. The number of hydrogen-bond acceptors (Lipinski definition) is 20. The Kier molecular flexibility index (Phi) is 20.7. The van der Waals surface area contributed by atoms with Crippen LogP contribution in [0.2, 0.25) is 0 Å². The summed E-state index contributed by atoms with van der Waals surface area (Å²) in [6.45, 7) is 7.22. The topological polar surface area (TPSA) is 213 Å². The number of nitrogens with one attached hydrogen (secondary N) is 2. The molecular formula is C43H62N2O14S5. The van der Waals surface area contributed by atoms with Gasteiger partial charge in [-0.05, 0) is 54.6 Å². The van der Waals surface area contributed by atoms with E-state index in [1.807, 2.05) is 33.3 Å². The van der Waals surface area contributed by atoms with E-state index in [1.165, 1.54) is 67.1 Å². The van der Waals surface area contributed by atoms with Crippen molar-refractivity contribution in [1.29, 1.82) is 0 Å². The molecule has 2 aliphatic carbocycles. The molecule has 1 amide bonds. The van der Waals surface area contributed by atoms with Gasteiger partial charge >= 0.3 is 6.09 Å². The summed E-state index contributed by atoms with van der Waals surface area (Å²) in [5.41, 5.74) is -2.05. The molecule has 6 N–H and O–H groups in total. The van der Waals surface area contributed by atoms with Gasteiger partial charge in [-0.15, -0.1) is 0 Å². The lowest BCUT2D eigenvalue weighted by atomic mass is 9.75. The molecule has 16 nitrogen and oxygen atoms in total. The fourth-order valence-corrected chi connectivity index (χ4v) is 13.1. The second-order valence-corrected chi connectivity index (χ2v) is 22.5. The minimum atomic E-state index is -2.02. The largest absolute Gasteiger partial charge is 0.453 e. The van der Waals surface area contributed by atoms with E-state index >= 15 is 0 Å². The summed E-state index contributed by atoms with van der Waals surface area (Å²) in [5, 5.41) is 53.0. The van der Waals surface area contributed by atoms with Gasteiger partial charge in [0.2, 0.25) is 0 Å². The van der Waals surface area contributed by atoms with Crippen molar-refractivity contribution in [3.63, 3.8) is 0 Å². The van der Waals surface area contributed by atoms with Crippen LogP contribution in [-0.4, -0.2) is 180 Å². The number of amides is 1. The van der Waals surface area contributed by atoms with Gasteiger partial charge in [0.1, 0.15) is 24.4 Å². The number of allylic oxidation sites excluding steroid dienone is 3. The van der Waals surface area contributed by atoms with Crippen molar-refractivity contribution in [2.45, 2.75) is 142 Å². The number of aliphatic hydroxyl groups excluding tert-OH is 3. The maximum absolute atomic E-state index is 14.0. The summed E-state index contributed by atoms with van der Waals surface area (Å²) >= 11 is 2.69. The Bertz CT molecular complexity index is 1820. The van der Waals surface area contributed by atoms with Gasteiger partial charge in [-0.1, -0.05) is 65.2 Å². The van der Waals surface area contributed by atoms with Crippen molar-refractivity contribution in [3.8, 4) is 23.7 Å². The van der Waals surface area contributed by atoms with E-state index in [9.17, 15) is 30.0 Å². The van der Waals surface area contributed by atoms with Gasteiger partial charge < -0.3 is 63.6 Å². The Morgan fingerprint density at radius 2 is 1.83 bits per heavy atom. The first-order valence-corrected chi connectivity index (χ1v) is 27.5. The first-order valence-electron chi connectivity index (χ1n) is 20.9. The highest BCUT2D eigenvalue weighted by atomic mass is 33.5. The van der Waals surface area contributed by atoms with E-state index in [2.05, 4.69) is 34.3 Å². The van der Waals surface area contributed by atoms with Crippen molar-refractivity contribution < 1.29 is 67.9 Å². The lowest BCUT2D eigenvalue weighted by Crippen LogP contribution is -2.71. The molecule has 2 bridgehead atoms. The Hall–Kier alpha value is -1.45. The molecule has 5 aliphatic rings. The van der Waals surface area contributed by atoms with E-state index in [1.54, 1.807) is 26.4 Å². The van der Waals surface area contributed by atoms with Crippen LogP contribution in [0, 0.1) is 23.7 Å². The van der Waals surface area contributed by atoms with Crippen LogP contribution in [0.15, 0.2) is 35.1 Å². The van der Waals surface area contributed by atoms with Gasteiger partial charge in [0.05, 0.1) is 72.9 Å². The summed E-state index contributed by atoms with van der Waals surface area (Å²) < 4.78 is 48.6. The van der Waals surface area contributed by atoms with Gasteiger partial charge in [-0.2, -0.15) is 23.5 Å². The lowest BCUT2D eigenvalue weighted by molar-refractivity contribution is -0.338. The van der Waals surface area contributed by atoms with Crippen molar-refractivity contribution in [1.82, 2.24) is 10.6 Å².